The lowest BCUT2D eigenvalue weighted by Crippen LogP contribution is -2.18. The van der Waals surface area contributed by atoms with E-state index in [2.05, 4.69) is 0 Å². The van der Waals surface area contributed by atoms with Crippen LogP contribution in [0.25, 0.3) is 0 Å². The fourth-order valence-corrected chi connectivity index (χ4v) is 1.48. The predicted octanol–water partition coefficient (Wildman–Crippen LogP) is 2.01. The van der Waals surface area contributed by atoms with Crippen LogP contribution in [0, 0.1) is 0 Å². The Morgan fingerprint density at radius 3 is 2.84 bits per heavy atom. The average molecular weight is 267 g/mol. The molecule has 1 aromatic rings. The first-order chi connectivity index (χ1) is 9.11. The minimum Gasteiger partial charge on any atom is -0.493 e. The summed E-state index contributed by atoms with van der Waals surface area (Å²) in [6.07, 6.45) is 0.768. The van der Waals surface area contributed by atoms with E-state index in [4.69, 9.17) is 19.9 Å². The number of hydrogen-bond acceptors (Lipinski definition) is 5. The number of methoxy groups -OCH3 is 1. The number of nitrogen functional groups attached to an aromatic ring is 1. The Hall–Kier alpha value is -1.75. The van der Waals surface area contributed by atoms with E-state index in [0.717, 1.165) is 0 Å². The number of carbonyl (C=O) groups excluding carboxylic acids is 1. The summed E-state index contributed by atoms with van der Waals surface area (Å²) in [5, 5.41) is 0. The van der Waals surface area contributed by atoms with Gasteiger partial charge in [0, 0.05) is 31.9 Å². The van der Waals surface area contributed by atoms with Gasteiger partial charge in [-0.05, 0) is 19.1 Å². The van der Waals surface area contributed by atoms with Crippen LogP contribution in [0.3, 0.4) is 0 Å². The van der Waals surface area contributed by atoms with Gasteiger partial charge in [-0.3, -0.25) is 4.79 Å². The first-order valence-corrected chi connectivity index (χ1v) is 6.28. The summed E-state index contributed by atoms with van der Waals surface area (Å²) in [5.74, 6) is 0.382. The van der Waals surface area contributed by atoms with Crippen molar-refractivity contribution in [3.05, 3.63) is 24.3 Å². The molecule has 1 aromatic carbocycles. The molecule has 0 aliphatic carbocycles. The van der Waals surface area contributed by atoms with Crippen molar-refractivity contribution in [1.82, 2.24) is 0 Å². The molecule has 106 valence electrons. The molecule has 0 radical (unpaired) electrons. The number of nitrogens with two attached hydrogens (primary N) is 1. The van der Waals surface area contributed by atoms with Crippen molar-refractivity contribution < 1.29 is 19.0 Å². The van der Waals surface area contributed by atoms with Crippen molar-refractivity contribution in [2.24, 2.45) is 0 Å². The van der Waals surface area contributed by atoms with Gasteiger partial charge < -0.3 is 19.9 Å². The third kappa shape index (κ3) is 6.67. The molecule has 2 N–H and O–H groups in total. The monoisotopic (exact) mass is 267 g/mol. The van der Waals surface area contributed by atoms with Gasteiger partial charge in [-0.1, -0.05) is 6.07 Å². The van der Waals surface area contributed by atoms with Crippen LogP contribution >= 0.6 is 0 Å². The van der Waals surface area contributed by atoms with Gasteiger partial charge in [0.1, 0.15) is 11.9 Å². The SMILES string of the molecule is COCCC(C)OC(=O)CCOc1cccc(N)c1. The summed E-state index contributed by atoms with van der Waals surface area (Å²) in [6.45, 7) is 2.70. The Bertz CT molecular complexity index is 395. The molecule has 0 saturated carbocycles. The predicted molar refractivity (Wildman–Crippen MR) is 73.0 cm³/mol. The lowest BCUT2D eigenvalue weighted by molar-refractivity contribution is -0.149. The smallest absolute Gasteiger partial charge is 0.309 e. The van der Waals surface area contributed by atoms with Crippen molar-refractivity contribution in [3.63, 3.8) is 0 Å². The molecule has 0 aliphatic heterocycles. The lowest BCUT2D eigenvalue weighted by atomic mass is 10.3. The van der Waals surface area contributed by atoms with Crippen LogP contribution in [0.5, 0.6) is 5.75 Å². The molecule has 0 amide bonds. The van der Waals surface area contributed by atoms with E-state index in [1.54, 1.807) is 31.4 Å². The van der Waals surface area contributed by atoms with Crippen molar-refractivity contribution in [3.8, 4) is 5.75 Å². The Morgan fingerprint density at radius 2 is 2.16 bits per heavy atom. The van der Waals surface area contributed by atoms with Crippen LogP contribution in [0.4, 0.5) is 5.69 Å². The van der Waals surface area contributed by atoms with E-state index in [1.165, 1.54) is 0 Å². The summed E-state index contributed by atoms with van der Waals surface area (Å²) in [4.78, 5) is 11.5. The van der Waals surface area contributed by atoms with Gasteiger partial charge in [-0.25, -0.2) is 0 Å². The molecule has 1 rings (SSSR count). The van der Waals surface area contributed by atoms with E-state index in [1.807, 2.05) is 6.92 Å². The Kier molecular flexibility index (Phi) is 6.74. The fraction of sp³-hybridized carbons (Fsp3) is 0.500. The highest BCUT2D eigenvalue weighted by Crippen LogP contribution is 2.14. The average Bonchev–Trinajstić information content (AvgIpc) is 2.36. The van der Waals surface area contributed by atoms with Crippen LogP contribution in [0.2, 0.25) is 0 Å². The molecular weight excluding hydrogens is 246 g/mol. The third-order valence-corrected chi connectivity index (χ3v) is 2.49. The van der Waals surface area contributed by atoms with Crippen LogP contribution in [-0.4, -0.2) is 32.4 Å². The van der Waals surface area contributed by atoms with Crippen molar-refractivity contribution in [1.29, 1.82) is 0 Å². The normalized spacial score (nSPS) is 11.9. The van der Waals surface area contributed by atoms with Crippen molar-refractivity contribution in [2.45, 2.75) is 25.9 Å². The second kappa shape index (κ2) is 8.37. The first-order valence-electron chi connectivity index (χ1n) is 6.28. The maximum atomic E-state index is 11.5. The Labute approximate surface area is 113 Å². The van der Waals surface area contributed by atoms with Gasteiger partial charge in [0.05, 0.1) is 13.0 Å². The number of benzene rings is 1. The number of anilines is 1. The summed E-state index contributed by atoms with van der Waals surface area (Å²) in [5.41, 5.74) is 6.25. The summed E-state index contributed by atoms with van der Waals surface area (Å²) in [7, 11) is 1.62. The van der Waals surface area contributed by atoms with Gasteiger partial charge in [0.2, 0.25) is 0 Å². The summed E-state index contributed by atoms with van der Waals surface area (Å²) >= 11 is 0. The zero-order chi connectivity index (χ0) is 14.1. The number of hydrogen-bond donors (Lipinski definition) is 1. The van der Waals surface area contributed by atoms with Crippen LogP contribution in [0.1, 0.15) is 19.8 Å². The molecule has 0 bridgehead atoms. The molecule has 5 heteroatoms. The molecular formula is C14H21NO4. The second-order valence-electron chi connectivity index (χ2n) is 4.25. The number of rotatable bonds is 8. The van der Waals surface area contributed by atoms with E-state index < -0.39 is 0 Å². The molecule has 0 saturated heterocycles. The topological polar surface area (TPSA) is 70.8 Å². The zero-order valence-corrected chi connectivity index (χ0v) is 11.4. The molecule has 1 unspecified atom stereocenters. The Balaban J connectivity index is 2.20. The molecule has 0 aliphatic rings. The van der Waals surface area contributed by atoms with Crippen LogP contribution < -0.4 is 10.5 Å². The van der Waals surface area contributed by atoms with Gasteiger partial charge in [0.15, 0.2) is 0 Å². The maximum Gasteiger partial charge on any atom is 0.309 e. The van der Waals surface area contributed by atoms with Gasteiger partial charge in [0.25, 0.3) is 0 Å². The number of carbonyl (C=O) groups is 1. The van der Waals surface area contributed by atoms with Crippen LogP contribution in [0.15, 0.2) is 24.3 Å². The van der Waals surface area contributed by atoms with E-state index in [9.17, 15) is 4.79 Å². The molecule has 0 aromatic heterocycles. The molecule has 0 heterocycles. The van der Waals surface area contributed by atoms with Gasteiger partial charge in [-0.2, -0.15) is 0 Å². The lowest BCUT2D eigenvalue weighted by Gasteiger charge is -2.13. The summed E-state index contributed by atoms with van der Waals surface area (Å²) in [6, 6.07) is 7.09. The van der Waals surface area contributed by atoms with E-state index in [-0.39, 0.29) is 25.1 Å². The molecule has 0 spiro atoms. The minimum atomic E-state index is -0.271. The fourth-order valence-electron chi connectivity index (χ4n) is 1.48. The van der Waals surface area contributed by atoms with Gasteiger partial charge >= 0.3 is 5.97 Å². The largest absolute Gasteiger partial charge is 0.493 e. The van der Waals surface area contributed by atoms with E-state index >= 15 is 0 Å². The third-order valence-electron chi connectivity index (χ3n) is 2.49. The Morgan fingerprint density at radius 1 is 1.37 bits per heavy atom. The number of esters is 1. The van der Waals surface area contributed by atoms with Crippen molar-refractivity contribution >= 4 is 11.7 Å². The second-order valence-corrected chi connectivity index (χ2v) is 4.25. The molecule has 19 heavy (non-hydrogen) atoms. The first kappa shape index (κ1) is 15.3. The van der Waals surface area contributed by atoms with Crippen molar-refractivity contribution in [2.75, 3.05) is 26.1 Å². The molecule has 5 nitrogen and oxygen atoms in total. The molecule has 1 atom stereocenters. The maximum absolute atomic E-state index is 11.5. The minimum absolute atomic E-state index is 0.139. The van der Waals surface area contributed by atoms with Gasteiger partial charge in [-0.15, -0.1) is 0 Å². The standard InChI is InChI=1S/C14H21NO4/c1-11(6-8-17-2)19-14(16)7-9-18-13-5-3-4-12(15)10-13/h3-5,10-11H,6-9,15H2,1-2H3. The summed E-state index contributed by atoms with van der Waals surface area (Å²) < 4.78 is 15.5. The van der Waals surface area contributed by atoms with E-state index in [0.29, 0.717) is 24.5 Å². The molecule has 0 fully saturated rings. The number of ether oxygens (including phenoxy) is 3. The highest BCUT2D eigenvalue weighted by molar-refractivity contribution is 5.69. The highest BCUT2D eigenvalue weighted by atomic mass is 16.5. The zero-order valence-electron chi connectivity index (χ0n) is 11.4. The quantitative estimate of drug-likeness (QED) is 0.576. The van der Waals surface area contributed by atoms with Crippen LogP contribution in [-0.2, 0) is 14.3 Å². The highest BCUT2D eigenvalue weighted by Gasteiger charge is 2.09.